The standard InChI is InChI=1S/C11H6N2O2/c12-5-6-14-11-8-3-1-2-4-9(8)15-10(11)7-13/h1-4H,6H2. The Balaban J connectivity index is 2.59. The molecule has 0 saturated carbocycles. The highest BCUT2D eigenvalue weighted by Gasteiger charge is 2.14. The van der Waals surface area contributed by atoms with Crippen molar-refractivity contribution in [3.8, 4) is 17.9 Å². The molecular formula is C11H6N2O2. The summed E-state index contributed by atoms with van der Waals surface area (Å²) >= 11 is 0. The Morgan fingerprint density at radius 1 is 1.27 bits per heavy atom. The van der Waals surface area contributed by atoms with Crippen molar-refractivity contribution < 1.29 is 9.15 Å². The molecule has 2 rings (SSSR count). The molecule has 0 amide bonds. The Labute approximate surface area is 85.9 Å². The molecule has 72 valence electrons. The first-order chi connectivity index (χ1) is 7.36. The van der Waals surface area contributed by atoms with Crippen molar-refractivity contribution in [3.05, 3.63) is 30.0 Å². The quantitative estimate of drug-likeness (QED) is 0.741. The number of rotatable bonds is 2. The predicted molar refractivity (Wildman–Crippen MR) is 52.0 cm³/mol. The average Bonchev–Trinajstić information content (AvgIpc) is 2.64. The van der Waals surface area contributed by atoms with Gasteiger partial charge in [-0.2, -0.15) is 10.5 Å². The largest absolute Gasteiger partial charge is 0.473 e. The lowest BCUT2D eigenvalue weighted by molar-refractivity contribution is 0.363. The fourth-order valence-corrected chi connectivity index (χ4v) is 1.34. The van der Waals surface area contributed by atoms with Crippen molar-refractivity contribution in [1.29, 1.82) is 10.5 Å². The van der Waals surface area contributed by atoms with Crippen LogP contribution in [0.3, 0.4) is 0 Å². The second-order valence-electron chi connectivity index (χ2n) is 2.82. The van der Waals surface area contributed by atoms with E-state index in [0.717, 1.165) is 0 Å². The molecule has 0 fully saturated rings. The van der Waals surface area contributed by atoms with Crippen molar-refractivity contribution >= 4 is 11.0 Å². The molecule has 0 aliphatic rings. The highest BCUT2D eigenvalue weighted by molar-refractivity contribution is 5.86. The molecule has 4 heteroatoms. The molecule has 0 saturated heterocycles. The maximum atomic E-state index is 8.81. The van der Waals surface area contributed by atoms with Crippen molar-refractivity contribution in [2.24, 2.45) is 0 Å². The van der Waals surface area contributed by atoms with Crippen LogP contribution in [0, 0.1) is 22.7 Å². The summed E-state index contributed by atoms with van der Waals surface area (Å²) in [4.78, 5) is 0. The minimum atomic E-state index is -0.0990. The summed E-state index contributed by atoms with van der Waals surface area (Å²) < 4.78 is 10.4. The number of hydrogen-bond acceptors (Lipinski definition) is 4. The van der Waals surface area contributed by atoms with Gasteiger partial charge in [-0.15, -0.1) is 0 Å². The summed E-state index contributed by atoms with van der Waals surface area (Å²) in [5, 5.41) is 17.9. The molecule has 0 unspecified atom stereocenters. The number of benzene rings is 1. The van der Waals surface area contributed by atoms with E-state index in [4.69, 9.17) is 19.7 Å². The summed E-state index contributed by atoms with van der Waals surface area (Å²) in [5.41, 5.74) is 0.585. The maximum absolute atomic E-state index is 8.81. The van der Waals surface area contributed by atoms with Gasteiger partial charge in [-0.1, -0.05) is 12.1 Å². The van der Waals surface area contributed by atoms with E-state index in [1.165, 1.54) is 0 Å². The van der Waals surface area contributed by atoms with Gasteiger partial charge in [0.1, 0.15) is 17.7 Å². The Kier molecular flexibility index (Phi) is 2.26. The van der Waals surface area contributed by atoms with Gasteiger partial charge in [0.2, 0.25) is 5.76 Å². The van der Waals surface area contributed by atoms with Gasteiger partial charge in [-0.3, -0.25) is 0 Å². The number of ether oxygens (including phenoxy) is 1. The number of fused-ring (bicyclic) bond motifs is 1. The van der Waals surface area contributed by atoms with Crippen LogP contribution in [0.1, 0.15) is 5.76 Å². The maximum Gasteiger partial charge on any atom is 0.246 e. The normalized spacial score (nSPS) is 9.47. The molecule has 1 aromatic heterocycles. The van der Waals surface area contributed by atoms with Crippen molar-refractivity contribution in [1.82, 2.24) is 0 Å². The van der Waals surface area contributed by atoms with Gasteiger partial charge in [0, 0.05) is 0 Å². The zero-order valence-electron chi connectivity index (χ0n) is 7.73. The molecular weight excluding hydrogens is 192 g/mol. The molecule has 0 bridgehead atoms. The van der Waals surface area contributed by atoms with E-state index < -0.39 is 0 Å². The fraction of sp³-hybridized carbons (Fsp3) is 0.0909. The third-order valence-electron chi connectivity index (χ3n) is 1.93. The Bertz CT molecular complexity index is 572. The van der Waals surface area contributed by atoms with Crippen LogP contribution in [0.15, 0.2) is 28.7 Å². The third-order valence-corrected chi connectivity index (χ3v) is 1.93. The van der Waals surface area contributed by atoms with E-state index in [-0.39, 0.29) is 12.4 Å². The summed E-state index contributed by atoms with van der Waals surface area (Å²) in [7, 11) is 0. The molecule has 0 aliphatic carbocycles. The number of para-hydroxylation sites is 1. The van der Waals surface area contributed by atoms with E-state index in [1.807, 2.05) is 18.2 Å². The van der Waals surface area contributed by atoms with E-state index in [9.17, 15) is 0 Å². The Hall–Kier alpha value is -2.46. The van der Waals surface area contributed by atoms with E-state index in [0.29, 0.717) is 16.7 Å². The van der Waals surface area contributed by atoms with Gasteiger partial charge in [0.25, 0.3) is 0 Å². The monoisotopic (exact) mass is 198 g/mol. The number of hydrogen-bond donors (Lipinski definition) is 0. The van der Waals surface area contributed by atoms with E-state index in [2.05, 4.69) is 0 Å². The first-order valence-corrected chi connectivity index (χ1v) is 4.28. The number of nitrogens with zero attached hydrogens (tertiary/aromatic N) is 2. The van der Waals surface area contributed by atoms with Crippen molar-refractivity contribution in [2.45, 2.75) is 0 Å². The molecule has 4 nitrogen and oxygen atoms in total. The molecule has 0 atom stereocenters. The van der Waals surface area contributed by atoms with E-state index in [1.54, 1.807) is 18.2 Å². The first-order valence-electron chi connectivity index (χ1n) is 4.28. The topological polar surface area (TPSA) is 69.9 Å². The van der Waals surface area contributed by atoms with Gasteiger partial charge in [-0.25, -0.2) is 0 Å². The second kappa shape index (κ2) is 3.73. The number of furan rings is 1. The summed E-state index contributed by atoms with van der Waals surface area (Å²) in [5.74, 6) is 0.445. The lowest BCUT2D eigenvalue weighted by atomic mass is 10.2. The number of nitriles is 2. The molecule has 2 aromatic rings. The Morgan fingerprint density at radius 2 is 2.07 bits per heavy atom. The van der Waals surface area contributed by atoms with Crippen LogP contribution in [0.4, 0.5) is 0 Å². The van der Waals surface area contributed by atoms with Gasteiger partial charge in [0.15, 0.2) is 12.4 Å². The average molecular weight is 198 g/mol. The van der Waals surface area contributed by atoms with Gasteiger partial charge >= 0.3 is 0 Å². The summed E-state index contributed by atoms with van der Waals surface area (Å²) in [6.45, 7) is -0.0990. The lowest BCUT2D eigenvalue weighted by Crippen LogP contribution is -1.93. The van der Waals surface area contributed by atoms with Crippen LogP contribution in [-0.2, 0) is 0 Å². The third kappa shape index (κ3) is 1.49. The van der Waals surface area contributed by atoms with Crippen LogP contribution < -0.4 is 4.74 Å². The van der Waals surface area contributed by atoms with Crippen LogP contribution >= 0.6 is 0 Å². The van der Waals surface area contributed by atoms with Gasteiger partial charge in [-0.05, 0) is 12.1 Å². The highest BCUT2D eigenvalue weighted by Crippen LogP contribution is 2.32. The molecule has 0 radical (unpaired) electrons. The molecule has 0 N–H and O–H groups in total. The minimum absolute atomic E-state index is 0.0990. The van der Waals surface area contributed by atoms with E-state index >= 15 is 0 Å². The molecule has 1 aromatic carbocycles. The van der Waals surface area contributed by atoms with Crippen LogP contribution in [0.2, 0.25) is 0 Å². The minimum Gasteiger partial charge on any atom is -0.473 e. The van der Waals surface area contributed by atoms with Crippen LogP contribution in [0.5, 0.6) is 5.75 Å². The SMILES string of the molecule is N#CCOc1c(C#N)oc2ccccc12. The first kappa shape index (κ1) is 9.11. The molecule has 0 spiro atoms. The van der Waals surface area contributed by atoms with Gasteiger partial charge in [0.05, 0.1) is 5.39 Å². The van der Waals surface area contributed by atoms with Crippen molar-refractivity contribution in [2.75, 3.05) is 6.61 Å². The zero-order valence-corrected chi connectivity index (χ0v) is 7.73. The molecule has 1 heterocycles. The lowest BCUT2D eigenvalue weighted by Gasteiger charge is -1.96. The van der Waals surface area contributed by atoms with Crippen LogP contribution in [-0.4, -0.2) is 6.61 Å². The van der Waals surface area contributed by atoms with Crippen LogP contribution in [0.25, 0.3) is 11.0 Å². The smallest absolute Gasteiger partial charge is 0.246 e. The summed E-state index contributed by atoms with van der Waals surface area (Å²) in [6.07, 6.45) is 0. The molecule has 0 aliphatic heterocycles. The van der Waals surface area contributed by atoms with Gasteiger partial charge < -0.3 is 9.15 Å². The molecule has 15 heavy (non-hydrogen) atoms. The zero-order chi connectivity index (χ0) is 10.7. The Morgan fingerprint density at radius 3 is 2.80 bits per heavy atom. The van der Waals surface area contributed by atoms with Crippen molar-refractivity contribution in [3.63, 3.8) is 0 Å². The predicted octanol–water partition coefficient (Wildman–Crippen LogP) is 2.21. The highest BCUT2D eigenvalue weighted by atomic mass is 16.5. The second-order valence-corrected chi connectivity index (χ2v) is 2.82. The fourth-order valence-electron chi connectivity index (χ4n) is 1.34. The summed E-state index contributed by atoms with van der Waals surface area (Å²) in [6, 6.07) is 10.9.